The average molecular weight is 725 g/mol. The van der Waals surface area contributed by atoms with Crippen LogP contribution in [0.15, 0.2) is 89.1 Å². The molecule has 0 saturated heterocycles. The van der Waals surface area contributed by atoms with Gasteiger partial charge >= 0.3 is 0 Å². The average Bonchev–Trinajstić information content (AvgIpc) is 3.74. The summed E-state index contributed by atoms with van der Waals surface area (Å²) in [5.74, 6) is 2.23. The maximum Gasteiger partial charge on any atom is 0.299 e. The standard InChI is InChI=1S/C34H27Cl2IN2O4/c1-2-5-30(42-19-40)22-7-3-6-21(14-22)23-16-34(38,17-23)26-13-12-24(15-29(26)37)41-18-25-32(39-43-33(25)20-10-11-20)31-27(35)8-4-9-28(31)36/h2-4,6-15,19-20,23H,16-18,38H2,1H3. The lowest BCUT2D eigenvalue weighted by Gasteiger charge is -2.46. The predicted octanol–water partition coefficient (Wildman–Crippen LogP) is 8.91. The fourth-order valence-corrected chi connectivity index (χ4v) is 7.19. The van der Waals surface area contributed by atoms with Crippen LogP contribution < -0.4 is 10.5 Å². The number of carbonyl (C=O) groups is 1. The predicted molar refractivity (Wildman–Crippen MR) is 176 cm³/mol. The minimum Gasteiger partial charge on any atom is -0.489 e. The Morgan fingerprint density at radius 2 is 1.88 bits per heavy atom. The highest BCUT2D eigenvalue weighted by atomic mass is 127. The SMILES string of the molecule is CC=C=C(OC=O)c1cccc(C2CC(N)(c3ccc(OCc4c(-c5c(Cl)cccc5Cl)noc4C4C=C4)cc3I)C2)c1. The molecule has 2 aliphatic rings. The molecule has 43 heavy (non-hydrogen) atoms. The summed E-state index contributed by atoms with van der Waals surface area (Å²) in [6.45, 7) is 2.49. The van der Waals surface area contributed by atoms with Crippen LogP contribution in [0.3, 0.4) is 0 Å². The molecule has 0 spiro atoms. The van der Waals surface area contributed by atoms with Crippen LogP contribution in [-0.4, -0.2) is 11.6 Å². The van der Waals surface area contributed by atoms with Gasteiger partial charge in [-0.1, -0.05) is 76.6 Å². The summed E-state index contributed by atoms with van der Waals surface area (Å²) in [5.41, 5.74) is 14.5. The van der Waals surface area contributed by atoms with E-state index in [1.165, 1.54) is 0 Å². The van der Waals surface area contributed by atoms with Gasteiger partial charge in [-0.05, 0) is 95.8 Å². The summed E-state index contributed by atoms with van der Waals surface area (Å²) < 4.78 is 18.1. The highest BCUT2D eigenvalue weighted by Crippen LogP contribution is 2.51. The van der Waals surface area contributed by atoms with Gasteiger partial charge in [-0.2, -0.15) is 0 Å². The molecule has 1 aromatic heterocycles. The van der Waals surface area contributed by atoms with Crippen LogP contribution >= 0.6 is 45.8 Å². The van der Waals surface area contributed by atoms with Crippen molar-refractivity contribution in [2.24, 2.45) is 5.73 Å². The van der Waals surface area contributed by atoms with Crippen molar-refractivity contribution in [2.75, 3.05) is 0 Å². The Labute approximate surface area is 273 Å². The Kier molecular flexibility index (Phi) is 8.54. The van der Waals surface area contributed by atoms with Gasteiger partial charge in [0.25, 0.3) is 6.47 Å². The Balaban J connectivity index is 1.17. The largest absolute Gasteiger partial charge is 0.489 e. The van der Waals surface area contributed by atoms with Gasteiger partial charge in [0.05, 0.1) is 21.5 Å². The van der Waals surface area contributed by atoms with Gasteiger partial charge in [0.15, 0.2) is 11.5 Å². The lowest BCUT2D eigenvalue weighted by molar-refractivity contribution is -0.122. The number of allylic oxidation sites excluding steroid dienone is 3. The van der Waals surface area contributed by atoms with E-state index in [1.807, 2.05) is 49.4 Å². The van der Waals surface area contributed by atoms with Crippen molar-refractivity contribution < 1.29 is 18.8 Å². The van der Waals surface area contributed by atoms with Crippen LogP contribution in [0.4, 0.5) is 0 Å². The second-order valence-corrected chi connectivity index (χ2v) is 12.7. The molecule has 0 aliphatic heterocycles. The summed E-state index contributed by atoms with van der Waals surface area (Å²) in [6, 6.07) is 19.4. The van der Waals surface area contributed by atoms with Gasteiger partial charge < -0.3 is 19.7 Å². The first-order valence-corrected chi connectivity index (χ1v) is 15.6. The number of aromatic nitrogens is 1. The van der Waals surface area contributed by atoms with Gasteiger partial charge in [0.1, 0.15) is 18.1 Å². The highest BCUT2D eigenvalue weighted by Gasteiger charge is 2.44. The summed E-state index contributed by atoms with van der Waals surface area (Å²) in [4.78, 5) is 10.9. The van der Waals surface area contributed by atoms with E-state index in [0.29, 0.717) is 39.3 Å². The van der Waals surface area contributed by atoms with Crippen molar-refractivity contribution in [3.63, 3.8) is 0 Å². The molecule has 0 amide bonds. The number of benzene rings is 3. The molecule has 0 bridgehead atoms. The van der Waals surface area contributed by atoms with Gasteiger partial charge in [-0.15, -0.1) is 0 Å². The summed E-state index contributed by atoms with van der Waals surface area (Å²) in [7, 11) is 0. The van der Waals surface area contributed by atoms with Crippen molar-refractivity contribution in [1.82, 2.24) is 5.16 Å². The van der Waals surface area contributed by atoms with Crippen LogP contribution in [0.2, 0.25) is 10.0 Å². The first kappa shape index (κ1) is 29.7. The van der Waals surface area contributed by atoms with E-state index < -0.39 is 5.54 Å². The molecule has 9 heteroatoms. The fourth-order valence-electron chi connectivity index (χ4n) is 5.59. The third-order valence-corrected chi connectivity index (χ3v) is 9.37. The molecule has 1 fully saturated rings. The van der Waals surface area contributed by atoms with E-state index in [-0.39, 0.29) is 18.4 Å². The minimum absolute atomic E-state index is 0.0937. The fraction of sp³-hybridized carbons (Fsp3) is 0.206. The Bertz CT molecular complexity index is 1780. The zero-order valence-corrected chi connectivity index (χ0v) is 26.8. The monoisotopic (exact) mass is 724 g/mol. The smallest absolute Gasteiger partial charge is 0.299 e. The number of hydrogen-bond acceptors (Lipinski definition) is 6. The molecule has 2 N–H and O–H groups in total. The number of hydrogen-bond donors (Lipinski definition) is 1. The summed E-state index contributed by atoms with van der Waals surface area (Å²) >= 11 is 15.3. The molecule has 4 aromatic rings. The van der Waals surface area contributed by atoms with E-state index in [2.05, 4.69) is 45.6 Å². The van der Waals surface area contributed by atoms with Crippen molar-refractivity contribution in [3.05, 3.63) is 126 Å². The number of carbonyl (C=O) groups excluding carboxylic acids is 1. The number of rotatable bonds is 10. The molecule has 6 nitrogen and oxygen atoms in total. The van der Waals surface area contributed by atoms with Crippen LogP contribution in [0.25, 0.3) is 17.0 Å². The maximum absolute atomic E-state index is 10.9. The molecule has 1 heterocycles. The van der Waals surface area contributed by atoms with Crippen LogP contribution in [0.1, 0.15) is 59.6 Å². The molecule has 6 rings (SSSR count). The van der Waals surface area contributed by atoms with E-state index in [9.17, 15) is 4.79 Å². The summed E-state index contributed by atoms with van der Waals surface area (Å²) in [5, 5.41) is 5.32. The Morgan fingerprint density at radius 1 is 1.14 bits per heavy atom. The topological polar surface area (TPSA) is 87.6 Å². The molecule has 1 saturated carbocycles. The highest BCUT2D eigenvalue weighted by molar-refractivity contribution is 14.1. The molecule has 0 unspecified atom stereocenters. The first-order valence-electron chi connectivity index (χ1n) is 13.8. The van der Waals surface area contributed by atoms with Crippen molar-refractivity contribution in [1.29, 1.82) is 0 Å². The second kappa shape index (κ2) is 12.3. The summed E-state index contributed by atoms with van der Waals surface area (Å²) in [6.07, 6.45) is 7.39. The van der Waals surface area contributed by atoms with Gasteiger partial charge in [0, 0.05) is 20.2 Å². The van der Waals surface area contributed by atoms with Crippen molar-refractivity contribution >= 4 is 58.0 Å². The van der Waals surface area contributed by atoms with Crippen LogP contribution in [0.5, 0.6) is 5.75 Å². The lowest BCUT2D eigenvalue weighted by Crippen LogP contribution is -2.48. The molecule has 2 aliphatic carbocycles. The molecule has 0 atom stereocenters. The first-order chi connectivity index (χ1) is 20.8. The Morgan fingerprint density at radius 3 is 2.56 bits per heavy atom. The van der Waals surface area contributed by atoms with E-state index in [1.54, 1.807) is 24.3 Å². The van der Waals surface area contributed by atoms with E-state index in [4.69, 9.17) is 42.9 Å². The molecular formula is C34H27Cl2IN2O4. The van der Waals surface area contributed by atoms with Crippen molar-refractivity contribution in [3.8, 4) is 17.0 Å². The number of halogens is 3. The normalized spacial score (nSPS) is 18.9. The third kappa shape index (κ3) is 6.06. The van der Waals surface area contributed by atoms with E-state index >= 15 is 0 Å². The zero-order valence-electron chi connectivity index (χ0n) is 23.2. The van der Waals surface area contributed by atoms with E-state index in [0.717, 1.165) is 44.4 Å². The number of nitrogens with zero attached hydrogens (tertiary/aromatic N) is 1. The lowest BCUT2D eigenvalue weighted by atomic mass is 9.63. The quantitative estimate of drug-likeness (QED) is 0.0578. The second-order valence-electron chi connectivity index (χ2n) is 10.7. The molecule has 218 valence electrons. The molecule has 0 radical (unpaired) electrons. The molecule has 3 aromatic carbocycles. The van der Waals surface area contributed by atoms with Gasteiger partial charge in [-0.3, -0.25) is 4.79 Å². The Hall–Kier alpha value is -3.33. The van der Waals surface area contributed by atoms with Crippen LogP contribution in [-0.2, 0) is 21.7 Å². The zero-order chi connectivity index (χ0) is 30.1. The number of ether oxygens (including phenoxy) is 2. The minimum atomic E-state index is -0.454. The third-order valence-electron chi connectivity index (χ3n) is 7.85. The molecular weight excluding hydrogens is 698 g/mol. The van der Waals surface area contributed by atoms with Gasteiger partial charge in [-0.25, -0.2) is 0 Å². The maximum atomic E-state index is 10.9. The van der Waals surface area contributed by atoms with Crippen molar-refractivity contribution in [2.45, 2.75) is 43.7 Å². The van der Waals surface area contributed by atoms with Crippen LogP contribution in [0, 0.1) is 3.57 Å². The number of nitrogens with two attached hydrogens (primary N) is 1. The van der Waals surface area contributed by atoms with Gasteiger partial charge in [0.2, 0.25) is 0 Å².